The molecule has 1 amide bonds. The van der Waals surface area contributed by atoms with E-state index >= 15 is 0 Å². The standard InChI is InChI=1S/C14H10BrFN2O/c15-8-5-6-11-9(7-8)13(14(19)18-11)17-12-4-2-1-3-10(12)16/h1-7,13,17H,(H,18,19). The fourth-order valence-corrected chi connectivity index (χ4v) is 2.49. The van der Waals surface area contributed by atoms with E-state index in [-0.39, 0.29) is 11.7 Å². The monoisotopic (exact) mass is 320 g/mol. The van der Waals surface area contributed by atoms with Crippen molar-refractivity contribution in [2.45, 2.75) is 6.04 Å². The summed E-state index contributed by atoms with van der Waals surface area (Å²) in [6.45, 7) is 0. The maximum Gasteiger partial charge on any atom is 0.251 e. The van der Waals surface area contributed by atoms with Crippen LogP contribution in [0.3, 0.4) is 0 Å². The molecule has 1 unspecified atom stereocenters. The first-order valence-corrected chi connectivity index (χ1v) is 6.56. The average molecular weight is 321 g/mol. The van der Waals surface area contributed by atoms with Crippen LogP contribution in [-0.2, 0) is 4.79 Å². The number of rotatable bonds is 2. The van der Waals surface area contributed by atoms with Crippen molar-refractivity contribution in [1.82, 2.24) is 0 Å². The molecule has 1 heterocycles. The Morgan fingerprint density at radius 3 is 2.79 bits per heavy atom. The summed E-state index contributed by atoms with van der Waals surface area (Å²) in [6, 6.07) is 11.2. The molecule has 0 bridgehead atoms. The van der Waals surface area contributed by atoms with E-state index in [0.717, 1.165) is 15.7 Å². The molecule has 2 aromatic carbocycles. The van der Waals surface area contributed by atoms with Gasteiger partial charge in [0.1, 0.15) is 11.9 Å². The molecule has 0 aromatic heterocycles. The summed E-state index contributed by atoms with van der Waals surface area (Å²) in [5, 5.41) is 5.70. The van der Waals surface area contributed by atoms with E-state index in [4.69, 9.17) is 0 Å². The van der Waals surface area contributed by atoms with Crippen LogP contribution in [0.2, 0.25) is 0 Å². The number of para-hydroxylation sites is 1. The second-order valence-corrected chi connectivity index (χ2v) is 5.19. The van der Waals surface area contributed by atoms with Crippen LogP contribution in [-0.4, -0.2) is 5.91 Å². The lowest BCUT2D eigenvalue weighted by Gasteiger charge is -2.13. The second-order valence-electron chi connectivity index (χ2n) is 4.28. The van der Waals surface area contributed by atoms with Gasteiger partial charge in [0.25, 0.3) is 5.91 Å². The van der Waals surface area contributed by atoms with E-state index in [1.165, 1.54) is 6.07 Å². The lowest BCUT2D eigenvalue weighted by molar-refractivity contribution is -0.116. The van der Waals surface area contributed by atoms with Crippen molar-refractivity contribution in [1.29, 1.82) is 0 Å². The lowest BCUT2D eigenvalue weighted by atomic mass is 10.1. The van der Waals surface area contributed by atoms with Gasteiger partial charge in [0, 0.05) is 15.7 Å². The van der Waals surface area contributed by atoms with Gasteiger partial charge in [-0.15, -0.1) is 0 Å². The SMILES string of the molecule is O=C1Nc2ccc(Br)cc2C1Nc1ccccc1F. The molecule has 5 heteroatoms. The number of fused-ring (bicyclic) bond motifs is 1. The van der Waals surface area contributed by atoms with Gasteiger partial charge in [-0.2, -0.15) is 0 Å². The Kier molecular flexibility index (Phi) is 2.98. The van der Waals surface area contributed by atoms with Gasteiger partial charge in [-0.1, -0.05) is 28.1 Å². The first-order chi connectivity index (χ1) is 9.15. The number of nitrogens with one attached hydrogen (secondary N) is 2. The fraction of sp³-hybridized carbons (Fsp3) is 0.0714. The normalized spacial score (nSPS) is 16.9. The van der Waals surface area contributed by atoms with E-state index in [1.54, 1.807) is 18.2 Å². The highest BCUT2D eigenvalue weighted by molar-refractivity contribution is 9.10. The number of amides is 1. The van der Waals surface area contributed by atoms with Crippen LogP contribution >= 0.6 is 15.9 Å². The molecule has 1 aliphatic heterocycles. The number of benzene rings is 2. The lowest BCUT2D eigenvalue weighted by Crippen LogP contribution is -2.20. The minimum absolute atomic E-state index is 0.184. The summed E-state index contributed by atoms with van der Waals surface area (Å²) in [4.78, 5) is 11.9. The molecule has 0 radical (unpaired) electrons. The van der Waals surface area contributed by atoms with Crippen LogP contribution in [0.15, 0.2) is 46.9 Å². The highest BCUT2D eigenvalue weighted by Crippen LogP contribution is 2.35. The predicted molar refractivity (Wildman–Crippen MR) is 75.5 cm³/mol. The van der Waals surface area contributed by atoms with E-state index in [0.29, 0.717) is 5.69 Å². The third-order valence-electron chi connectivity index (χ3n) is 3.02. The van der Waals surface area contributed by atoms with E-state index in [1.807, 2.05) is 18.2 Å². The summed E-state index contributed by atoms with van der Waals surface area (Å²) in [5.41, 5.74) is 1.88. The van der Waals surface area contributed by atoms with Gasteiger partial charge in [0.15, 0.2) is 0 Å². The van der Waals surface area contributed by atoms with Crippen molar-refractivity contribution in [2.75, 3.05) is 10.6 Å². The Hall–Kier alpha value is -1.88. The number of carbonyl (C=O) groups excluding carboxylic acids is 1. The van der Waals surface area contributed by atoms with Gasteiger partial charge in [0.2, 0.25) is 0 Å². The molecular weight excluding hydrogens is 311 g/mol. The maximum atomic E-state index is 13.6. The quantitative estimate of drug-likeness (QED) is 0.886. The van der Waals surface area contributed by atoms with Crippen LogP contribution in [0.25, 0.3) is 0 Å². The third-order valence-corrected chi connectivity index (χ3v) is 3.51. The van der Waals surface area contributed by atoms with Crippen LogP contribution < -0.4 is 10.6 Å². The molecule has 1 atom stereocenters. The van der Waals surface area contributed by atoms with E-state index in [9.17, 15) is 9.18 Å². The van der Waals surface area contributed by atoms with Gasteiger partial charge in [0.05, 0.1) is 5.69 Å². The Balaban J connectivity index is 1.97. The van der Waals surface area contributed by atoms with Crippen LogP contribution in [0.5, 0.6) is 0 Å². The molecule has 0 fully saturated rings. The zero-order valence-corrected chi connectivity index (χ0v) is 11.4. The maximum absolute atomic E-state index is 13.6. The first-order valence-electron chi connectivity index (χ1n) is 5.76. The van der Waals surface area contributed by atoms with Gasteiger partial charge in [-0.25, -0.2) is 4.39 Å². The van der Waals surface area contributed by atoms with Crippen LogP contribution in [0.1, 0.15) is 11.6 Å². The molecule has 0 spiro atoms. The molecule has 1 aliphatic rings. The fourth-order valence-electron chi connectivity index (χ4n) is 2.11. The first kappa shape index (κ1) is 12.2. The van der Waals surface area contributed by atoms with Gasteiger partial charge in [-0.05, 0) is 30.3 Å². The summed E-state index contributed by atoms with van der Waals surface area (Å²) in [7, 11) is 0. The molecular formula is C14H10BrFN2O. The Labute approximate surface area is 118 Å². The van der Waals surface area contributed by atoms with Crippen molar-refractivity contribution in [3.63, 3.8) is 0 Å². The molecule has 0 saturated heterocycles. The zero-order chi connectivity index (χ0) is 13.4. The average Bonchev–Trinajstić information content (AvgIpc) is 2.69. The smallest absolute Gasteiger partial charge is 0.251 e. The molecule has 19 heavy (non-hydrogen) atoms. The van der Waals surface area contributed by atoms with Crippen LogP contribution in [0.4, 0.5) is 15.8 Å². The van der Waals surface area contributed by atoms with E-state index < -0.39 is 6.04 Å². The molecule has 3 nitrogen and oxygen atoms in total. The highest BCUT2D eigenvalue weighted by atomic mass is 79.9. The largest absolute Gasteiger partial charge is 0.368 e. The van der Waals surface area contributed by atoms with Gasteiger partial charge < -0.3 is 10.6 Å². The van der Waals surface area contributed by atoms with E-state index in [2.05, 4.69) is 26.6 Å². The minimum Gasteiger partial charge on any atom is -0.368 e. The van der Waals surface area contributed by atoms with Gasteiger partial charge in [-0.3, -0.25) is 4.79 Å². The van der Waals surface area contributed by atoms with Crippen LogP contribution in [0, 0.1) is 5.82 Å². The number of hydrogen-bond acceptors (Lipinski definition) is 2. The van der Waals surface area contributed by atoms with Crippen molar-refractivity contribution in [3.8, 4) is 0 Å². The Bertz CT molecular complexity index is 660. The van der Waals surface area contributed by atoms with Crippen molar-refractivity contribution in [3.05, 3.63) is 58.3 Å². The third kappa shape index (κ3) is 2.21. The number of anilines is 2. The molecule has 96 valence electrons. The zero-order valence-electron chi connectivity index (χ0n) is 9.78. The molecule has 2 aromatic rings. The molecule has 3 rings (SSSR count). The van der Waals surface area contributed by atoms with Crippen molar-refractivity contribution < 1.29 is 9.18 Å². The van der Waals surface area contributed by atoms with Crippen molar-refractivity contribution >= 4 is 33.2 Å². The van der Waals surface area contributed by atoms with Crippen molar-refractivity contribution in [2.24, 2.45) is 0 Å². The summed E-state index contributed by atoms with van der Waals surface area (Å²) in [6.07, 6.45) is 0. The topological polar surface area (TPSA) is 41.1 Å². The second kappa shape index (κ2) is 4.66. The Morgan fingerprint density at radius 1 is 1.21 bits per heavy atom. The molecule has 2 N–H and O–H groups in total. The minimum atomic E-state index is -0.579. The Morgan fingerprint density at radius 2 is 2.00 bits per heavy atom. The molecule has 0 saturated carbocycles. The number of halogens is 2. The summed E-state index contributed by atoms with van der Waals surface area (Å²) in [5.74, 6) is -0.560. The van der Waals surface area contributed by atoms with Gasteiger partial charge >= 0.3 is 0 Å². The highest BCUT2D eigenvalue weighted by Gasteiger charge is 2.30. The summed E-state index contributed by atoms with van der Waals surface area (Å²) < 4.78 is 14.5. The predicted octanol–water partition coefficient (Wildman–Crippen LogP) is 3.69. The summed E-state index contributed by atoms with van der Waals surface area (Å²) >= 11 is 3.37. The molecule has 0 aliphatic carbocycles. The number of hydrogen-bond donors (Lipinski definition) is 2. The number of carbonyl (C=O) groups is 1.